The fourth-order valence-corrected chi connectivity index (χ4v) is 2.17. The van der Waals surface area contributed by atoms with E-state index in [1.165, 1.54) is 0 Å². The first-order chi connectivity index (χ1) is 5.06. The molecular weight excluding hydrogens is 155 g/mol. The Kier molecular flexibility index (Phi) is 1.29. The van der Waals surface area contributed by atoms with Crippen LogP contribution < -0.4 is 5.32 Å². The minimum atomic E-state index is -3.99. The second kappa shape index (κ2) is 1.91. The van der Waals surface area contributed by atoms with Crippen LogP contribution in [0.15, 0.2) is 0 Å². The summed E-state index contributed by atoms with van der Waals surface area (Å²) >= 11 is 0. The first-order valence-electron chi connectivity index (χ1n) is 3.84. The lowest BCUT2D eigenvalue weighted by molar-refractivity contribution is -0.258. The van der Waals surface area contributed by atoms with Crippen molar-refractivity contribution in [3.8, 4) is 0 Å². The Hall–Kier alpha value is -0.250. The van der Waals surface area contributed by atoms with Crippen LogP contribution in [0.4, 0.5) is 13.2 Å². The Balaban J connectivity index is 2.22. The molecule has 2 fully saturated rings. The molecule has 2 rings (SSSR count). The van der Waals surface area contributed by atoms with E-state index in [1.54, 1.807) is 0 Å². The van der Waals surface area contributed by atoms with E-state index in [0.717, 1.165) is 6.42 Å². The van der Waals surface area contributed by atoms with E-state index < -0.39 is 11.6 Å². The lowest BCUT2D eigenvalue weighted by atomic mass is 9.61. The molecule has 4 heteroatoms. The van der Waals surface area contributed by atoms with Gasteiger partial charge in [0.2, 0.25) is 0 Å². The predicted molar refractivity (Wildman–Crippen MR) is 34.1 cm³/mol. The summed E-state index contributed by atoms with van der Waals surface area (Å²) in [6, 6.07) is 0. The molecule has 64 valence electrons. The average Bonchev–Trinajstić information content (AvgIpc) is 2.06. The molecule has 2 aliphatic rings. The third-order valence-electron chi connectivity index (χ3n) is 3.12. The lowest BCUT2D eigenvalue weighted by Crippen LogP contribution is -2.51. The van der Waals surface area contributed by atoms with Crippen molar-refractivity contribution in [1.29, 1.82) is 0 Å². The normalized spacial score (nSPS) is 43.4. The molecule has 1 aliphatic carbocycles. The van der Waals surface area contributed by atoms with Crippen LogP contribution in [0.3, 0.4) is 0 Å². The number of fused-ring (bicyclic) bond motifs is 1. The third kappa shape index (κ3) is 0.760. The zero-order valence-corrected chi connectivity index (χ0v) is 6.04. The van der Waals surface area contributed by atoms with Gasteiger partial charge in [-0.1, -0.05) is 0 Å². The van der Waals surface area contributed by atoms with Gasteiger partial charge in [-0.3, -0.25) is 0 Å². The van der Waals surface area contributed by atoms with Crippen LogP contribution in [0.5, 0.6) is 0 Å². The Morgan fingerprint density at radius 3 is 2.36 bits per heavy atom. The first kappa shape index (κ1) is 7.40. The van der Waals surface area contributed by atoms with Gasteiger partial charge in [0.15, 0.2) is 0 Å². The van der Waals surface area contributed by atoms with Crippen molar-refractivity contribution >= 4 is 0 Å². The Morgan fingerprint density at radius 1 is 1.36 bits per heavy atom. The van der Waals surface area contributed by atoms with Crippen LogP contribution >= 0.6 is 0 Å². The van der Waals surface area contributed by atoms with Gasteiger partial charge >= 0.3 is 6.18 Å². The van der Waals surface area contributed by atoms with E-state index in [0.29, 0.717) is 13.0 Å². The molecule has 1 heterocycles. The summed E-state index contributed by atoms with van der Waals surface area (Å²) in [5.41, 5.74) is -1.34. The van der Waals surface area contributed by atoms with E-state index in [-0.39, 0.29) is 12.5 Å². The molecule has 0 aromatic heterocycles. The van der Waals surface area contributed by atoms with Gasteiger partial charge in [-0.2, -0.15) is 13.2 Å². The van der Waals surface area contributed by atoms with Gasteiger partial charge in [0.25, 0.3) is 0 Å². The molecule has 0 amide bonds. The largest absolute Gasteiger partial charge is 0.396 e. The molecule has 1 saturated heterocycles. The van der Waals surface area contributed by atoms with E-state index in [1.807, 2.05) is 0 Å². The Labute approximate surface area is 63.0 Å². The van der Waals surface area contributed by atoms with Gasteiger partial charge in [0.1, 0.15) is 0 Å². The fourth-order valence-electron chi connectivity index (χ4n) is 2.17. The highest BCUT2D eigenvalue weighted by molar-refractivity contribution is 5.06. The minimum absolute atomic E-state index is 0.137. The molecule has 1 nitrogen and oxygen atoms in total. The van der Waals surface area contributed by atoms with Crippen molar-refractivity contribution in [1.82, 2.24) is 5.32 Å². The SMILES string of the molecule is FC(F)(F)C12CCC1CNC2. The summed E-state index contributed by atoms with van der Waals surface area (Å²) in [4.78, 5) is 0. The zero-order valence-electron chi connectivity index (χ0n) is 6.04. The quantitative estimate of drug-likeness (QED) is 0.574. The summed E-state index contributed by atoms with van der Waals surface area (Å²) < 4.78 is 37.2. The van der Waals surface area contributed by atoms with Crippen molar-refractivity contribution < 1.29 is 13.2 Å². The van der Waals surface area contributed by atoms with E-state index >= 15 is 0 Å². The van der Waals surface area contributed by atoms with E-state index in [2.05, 4.69) is 5.32 Å². The van der Waals surface area contributed by atoms with Crippen molar-refractivity contribution in [3.63, 3.8) is 0 Å². The molecule has 2 atom stereocenters. The van der Waals surface area contributed by atoms with Crippen molar-refractivity contribution in [2.24, 2.45) is 11.3 Å². The van der Waals surface area contributed by atoms with Crippen LogP contribution in [0.2, 0.25) is 0 Å². The van der Waals surface area contributed by atoms with Crippen LogP contribution in [-0.2, 0) is 0 Å². The van der Waals surface area contributed by atoms with Gasteiger partial charge < -0.3 is 5.32 Å². The number of rotatable bonds is 0. The third-order valence-corrected chi connectivity index (χ3v) is 3.12. The van der Waals surface area contributed by atoms with Crippen molar-refractivity contribution in [2.75, 3.05) is 13.1 Å². The number of hydrogen-bond acceptors (Lipinski definition) is 1. The second-order valence-corrected chi connectivity index (χ2v) is 3.52. The van der Waals surface area contributed by atoms with Gasteiger partial charge in [-0.15, -0.1) is 0 Å². The summed E-state index contributed by atoms with van der Waals surface area (Å²) in [7, 11) is 0. The highest BCUT2D eigenvalue weighted by atomic mass is 19.4. The molecule has 11 heavy (non-hydrogen) atoms. The predicted octanol–water partition coefficient (Wildman–Crippen LogP) is 1.55. The van der Waals surface area contributed by atoms with Crippen LogP contribution in [-0.4, -0.2) is 19.3 Å². The van der Waals surface area contributed by atoms with Crippen LogP contribution in [0.1, 0.15) is 12.8 Å². The maximum atomic E-state index is 12.4. The molecule has 0 aromatic rings. The molecule has 1 aliphatic heterocycles. The summed E-state index contributed by atoms with van der Waals surface area (Å²) in [5, 5.41) is 2.81. The molecule has 1 N–H and O–H groups in total. The van der Waals surface area contributed by atoms with Gasteiger partial charge in [0.05, 0.1) is 5.41 Å². The summed E-state index contributed by atoms with van der Waals surface area (Å²) in [6.45, 7) is 0.695. The van der Waals surface area contributed by atoms with Crippen molar-refractivity contribution in [2.45, 2.75) is 19.0 Å². The topological polar surface area (TPSA) is 12.0 Å². The van der Waals surface area contributed by atoms with Crippen LogP contribution in [0, 0.1) is 11.3 Å². The van der Waals surface area contributed by atoms with E-state index in [9.17, 15) is 13.2 Å². The highest BCUT2D eigenvalue weighted by Crippen LogP contribution is 2.58. The molecule has 2 unspecified atom stereocenters. The standard InChI is InChI=1S/C7H10F3N/c8-7(9,10)6-2-1-5(6)3-11-4-6/h5,11H,1-4H2. The van der Waals surface area contributed by atoms with Crippen LogP contribution in [0.25, 0.3) is 0 Å². The number of hydrogen-bond donors (Lipinski definition) is 1. The van der Waals surface area contributed by atoms with E-state index in [4.69, 9.17) is 0 Å². The smallest absolute Gasteiger partial charge is 0.316 e. The maximum Gasteiger partial charge on any atom is 0.396 e. The summed E-state index contributed by atoms with van der Waals surface area (Å²) in [5.74, 6) is -0.137. The Morgan fingerprint density at radius 2 is 2.09 bits per heavy atom. The van der Waals surface area contributed by atoms with Gasteiger partial charge in [0, 0.05) is 6.54 Å². The maximum absolute atomic E-state index is 12.4. The lowest BCUT2D eigenvalue weighted by Gasteiger charge is -2.45. The molecule has 1 saturated carbocycles. The molecule has 0 aromatic carbocycles. The fraction of sp³-hybridized carbons (Fsp3) is 1.00. The molecular formula is C7H10F3N. The molecule has 0 spiro atoms. The zero-order chi connectivity index (χ0) is 8.11. The summed E-state index contributed by atoms with van der Waals surface area (Å²) in [6.07, 6.45) is -2.92. The average molecular weight is 165 g/mol. The minimum Gasteiger partial charge on any atom is -0.316 e. The second-order valence-electron chi connectivity index (χ2n) is 3.52. The Bertz CT molecular complexity index is 177. The highest BCUT2D eigenvalue weighted by Gasteiger charge is 2.65. The van der Waals surface area contributed by atoms with Gasteiger partial charge in [-0.05, 0) is 25.3 Å². The van der Waals surface area contributed by atoms with Crippen molar-refractivity contribution in [3.05, 3.63) is 0 Å². The number of alkyl halides is 3. The molecule has 0 bridgehead atoms. The number of halogens is 3. The number of nitrogens with one attached hydrogen (secondary N) is 1. The molecule has 0 radical (unpaired) electrons. The first-order valence-corrected chi connectivity index (χ1v) is 3.84. The monoisotopic (exact) mass is 165 g/mol. The van der Waals surface area contributed by atoms with Gasteiger partial charge in [-0.25, -0.2) is 0 Å².